The molecule has 5 heteroatoms. The summed E-state index contributed by atoms with van der Waals surface area (Å²) in [6, 6.07) is 11.9. The minimum atomic E-state index is -0.0824. The molecule has 1 aromatic heterocycles. The maximum Gasteiger partial charge on any atom is 0.267 e. The van der Waals surface area contributed by atoms with E-state index >= 15 is 0 Å². The first kappa shape index (κ1) is 13.4. The summed E-state index contributed by atoms with van der Waals surface area (Å²) >= 11 is 0. The summed E-state index contributed by atoms with van der Waals surface area (Å²) in [6.45, 7) is 0. The molecule has 0 aliphatic carbocycles. The Labute approximate surface area is 128 Å². The molecule has 1 amide bonds. The molecule has 0 spiro atoms. The molecule has 0 unspecified atom stereocenters. The highest BCUT2D eigenvalue weighted by molar-refractivity contribution is 5.93. The summed E-state index contributed by atoms with van der Waals surface area (Å²) in [7, 11) is 0. The number of rotatable bonds is 3. The van der Waals surface area contributed by atoms with E-state index in [0.29, 0.717) is 23.3 Å². The summed E-state index contributed by atoms with van der Waals surface area (Å²) in [4.78, 5) is 15.5. The normalized spacial score (nSPS) is 26.3. The maximum absolute atomic E-state index is 12.4. The van der Waals surface area contributed by atoms with Crippen LogP contribution in [0.5, 0.6) is 5.75 Å². The van der Waals surface area contributed by atoms with Crippen molar-refractivity contribution < 1.29 is 9.90 Å². The molecule has 2 fully saturated rings. The molecule has 2 aromatic rings. The lowest BCUT2D eigenvalue weighted by atomic mass is 9.95. The van der Waals surface area contributed by atoms with Crippen LogP contribution in [0.3, 0.4) is 0 Å². The zero-order valence-electron chi connectivity index (χ0n) is 12.2. The second-order valence-corrected chi connectivity index (χ2v) is 6.17. The molecule has 2 aliphatic rings. The number of carbonyl (C=O) groups is 1. The number of amides is 1. The number of aromatic hydroxyl groups is 1. The molecular weight excluding hydrogens is 278 g/mol. The SMILES string of the molecule is O=C(N[C@@H]1C[C@H]2CC[C@@H]1N2)c1ccc(-c2ccccc2O)[nH]1. The third kappa shape index (κ3) is 2.27. The fourth-order valence-electron chi connectivity index (χ4n) is 3.62. The highest BCUT2D eigenvalue weighted by Gasteiger charge is 2.39. The van der Waals surface area contributed by atoms with Crippen molar-refractivity contribution in [1.82, 2.24) is 15.6 Å². The number of benzene rings is 1. The lowest BCUT2D eigenvalue weighted by Gasteiger charge is -2.21. The fourth-order valence-corrected chi connectivity index (χ4v) is 3.62. The zero-order chi connectivity index (χ0) is 15.1. The first-order valence-corrected chi connectivity index (χ1v) is 7.75. The molecular formula is C17H19N3O2. The first-order valence-electron chi connectivity index (χ1n) is 7.75. The Morgan fingerprint density at radius 2 is 2.05 bits per heavy atom. The van der Waals surface area contributed by atoms with Crippen LogP contribution in [0.25, 0.3) is 11.3 Å². The molecule has 4 rings (SSSR count). The van der Waals surface area contributed by atoms with E-state index in [1.165, 1.54) is 6.42 Å². The monoisotopic (exact) mass is 297 g/mol. The van der Waals surface area contributed by atoms with Crippen LogP contribution >= 0.6 is 0 Å². The number of H-pyrrole nitrogens is 1. The molecule has 1 aromatic carbocycles. The van der Waals surface area contributed by atoms with Gasteiger partial charge in [-0.15, -0.1) is 0 Å². The highest BCUT2D eigenvalue weighted by atomic mass is 16.3. The van der Waals surface area contributed by atoms with Gasteiger partial charge in [0.1, 0.15) is 11.4 Å². The van der Waals surface area contributed by atoms with Crippen LogP contribution in [0.15, 0.2) is 36.4 Å². The van der Waals surface area contributed by atoms with Gasteiger partial charge >= 0.3 is 0 Å². The Bertz CT molecular complexity index is 709. The lowest BCUT2D eigenvalue weighted by Crippen LogP contribution is -2.43. The Morgan fingerprint density at radius 3 is 2.77 bits per heavy atom. The molecule has 3 heterocycles. The van der Waals surface area contributed by atoms with Gasteiger partial charge in [-0.1, -0.05) is 12.1 Å². The molecule has 5 nitrogen and oxygen atoms in total. The Morgan fingerprint density at radius 1 is 1.18 bits per heavy atom. The van der Waals surface area contributed by atoms with Crippen molar-refractivity contribution in [3.63, 3.8) is 0 Å². The zero-order valence-corrected chi connectivity index (χ0v) is 12.2. The molecule has 2 aliphatic heterocycles. The largest absolute Gasteiger partial charge is 0.507 e. The predicted octanol–water partition coefficient (Wildman–Crippen LogP) is 2.01. The van der Waals surface area contributed by atoms with E-state index in [2.05, 4.69) is 15.6 Å². The Kier molecular flexibility index (Phi) is 3.15. The number of phenols is 1. The van der Waals surface area contributed by atoms with Crippen LogP contribution in [0.4, 0.5) is 0 Å². The van der Waals surface area contributed by atoms with Gasteiger partial charge in [0.25, 0.3) is 5.91 Å². The van der Waals surface area contributed by atoms with Crippen LogP contribution in [-0.4, -0.2) is 34.1 Å². The van der Waals surface area contributed by atoms with Crippen LogP contribution in [0.2, 0.25) is 0 Å². The van der Waals surface area contributed by atoms with Crippen molar-refractivity contribution in [1.29, 1.82) is 0 Å². The van der Waals surface area contributed by atoms with E-state index in [1.807, 2.05) is 18.2 Å². The third-order valence-corrected chi connectivity index (χ3v) is 4.74. The number of fused-ring (bicyclic) bond motifs is 2. The first-order chi connectivity index (χ1) is 10.7. The quantitative estimate of drug-likeness (QED) is 0.700. The van der Waals surface area contributed by atoms with Gasteiger partial charge in [0.05, 0.1) is 0 Å². The van der Waals surface area contributed by atoms with E-state index in [0.717, 1.165) is 18.5 Å². The molecule has 22 heavy (non-hydrogen) atoms. The number of nitrogens with one attached hydrogen (secondary N) is 3. The van der Waals surface area contributed by atoms with E-state index in [9.17, 15) is 9.90 Å². The van der Waals surface area contributed by atoms with Gasteiger partial charge in [0.15, 0.2) is 0 Å². The van der Waals surface area contributed by atoms with Crippen molar-refractivity contribution >= 4 is 5.91 Å². The van der Waals surface area contributed by atoms with Gasteiger partial charge in [-0.05, 0) is 43.5 Å². The number of phenolic OH excluding ortho intramolecular Hbond substituents is 1. The average molecular weight is 297 g/mol. The van der Waals surface area contributed by atoms with Gasteiger partial charge in [0.2, 0.25) is 0 Å². The minimum absolute atomic E-state index is 0.0824. The van der Waals surface area contributed by atoms with Crippen molar-refractivity contribution in [2.45, 2.75) is 37.4 Å². The second kappa shape index (κ2) is 5.18. The average Bonchev–Trinajstić information content (AvgIpc) is 3.24. The topological polar surface area (TPSA) is 77.2 Å². The number of hydrogen-bond acceptors (Lipinski definition) is 3. The summed E-state index contributed by atoms with van der Waals surface area (Å²) in [5, 5.41) is 16.5. The number of aromatic amines is 1. The Balaban J connectivity index is 1.49. The van der Waals surface area contributed by atoms with Crippen molar-refractivity contribution in [2.75, 3.05) is 0 Å². The van der Waals surface area contributed by atoms with Crippen LogP contribution in [0.1, 0.15) is 29.8 Å². The van der Waals surface area contributed by atoms with Crippen LogP contribution in [0, 0.1) is 0 Å². The van der Waals surface area contributed by atoms with Gasteiger partial charge in [-0.25, -0.2) is 0 Å². The third-order valence-electron chi connectivity index (χ3n) is 4.74. The van der Waals surface area contributed by atoms with Gasteiger partial charge in [0, 0.05) is 29.4 Å². The number of carbonyl (C=O) groups excluding carboxylic acids is 1. The summed E-state index contributed by atoms with van der Waals surface area (Å²) in [5.41, 5.74) is 1.97. The van der Waals surface area contributed by atoms with E-state index in [4.69, 9.17) is 0 Å². The van der Waals surface area contributed by atoms with Gasteiger partial charge in [-0.3, -0.25) is 4.79 Å². The number of hydrogen-bond donors (Lipinski definition) is 4. The smallest absolute Gasteiger partial charge is 0.267 e. The van der Waals surface area contributed by atoms with Crippen molar-refractivity contribution in [3.8, 4) is 17.0 Å². The number of para-hydroxylation sites is 1. The minimum Gasteiger partial charge on any atom is -0.507 e. The molecule has 114 valence electrons. The molecule has 0 radical (unpaired) electrons. The standard InChI is InChI=1S/C17H19N3O2/c21-16-4-2-1-3-11(16)12-7-8-14(19-12)17(22)20-15-9-10-5-6-13(15)18-10/h1-4,7-8,10,13,15,18-19,21H,5-6,9H2,(H,20,22)/t10-,13+,15-/m1/s1. The molecule has 2 saturated heterocycles. The van der Waals surface area contributed by atoms with Gasteiger partial charge in [-0.2, -0.15) is 0 Å². The summed E-state index contributed by atoms with van der Waals surface area (Å²) < 4.78 is 0. The Hall–Kier alpha value is -2.27. The fraction of sp³-hybridized carbons (Fsp3) is 0.353. The molecule has 0 saturated carbocycles. The van der Waals surface area contributed by atoms with E-state index in [1.54, 1.807) is 18.2 Å². The summed E-state index contributed by atoms with van der Waals surface area (Å²) in [5.74, 6) is 0.120. The van der Waals surface area contributed by atoms with Gasteiger partial charge < -0.3 is 20.7 Å². The highest BCUT2D eigenvalue weighted by Crippen LogP contribution is 2.29. The predicted molar refractivity (Wildman–Crippen MR) is 83.7 cm³/mol. The van der Waals surface area contributed by atoms with Crippen molar-refractivity contribution in [2.24, 2.45) is 0 Å². The molecule has 4 N–H and O–H groups in total. The van der Waals surface area contributed by atoms with Crippen molar-refractivity contribution in [3.05, 3.63) is 42.1 Å². The number of aromatic nitrogens is 1. The maximum atomic E-state index is 12.4. The summed E-state index contributed by atoms with van der Waals surface area (Å²) in [6.07, 6.45) is 3.38. The van der Waals surface area contributed by atoms with Crippen LogP contribution in [-0.2, 0) is 0 Å². The molecule has 3 atom stereocenters. The van der Waals surface area contributed by atoms with E-state index < -0.39 is 0 Å². The van der Waals surface area contributed by atoms with E-state index in [-0.39, 0.29) is 17.7 Å². The molecule has 2 bridgehead atoms. The van der Waals surface area contributed by atoms with Crippen LogP contribution < -0.4 is 10.6 Å². The lowest BCUT2D eigenvalue weighted by molar-refractivity contribution is 0.0926. The second-order valence-electron chi connectivity index (χ2n) is 6.17.